The highest BCUT2D eigenvalue weighted by Crippen LogP contribution is 2.28. The molecule has 1 amide bonds. The molecule has 0 bridgehead atoms. The highest BCUT2D eigenvalue weighted by molar-refractivity contribution is 5.94. The van der Waals surface area contributed by atoms with Crippen molar-refractivity contribution in [3.8, 4) is 0 Å². The molecule has 0 aromatic carbocycles. The Morgan fingerprint density at radius 3 is 2.75 bits per heavy atom. The monoisotopic (exact) mass is 224 g/mol. The topological polar surface area (TPSA) is 83.6 Å². The summed E-state index contributed by atoms with van der Waals surface area (Å²) in [5.74, 6) is -1.27. The van der Waals surface area contributed by atoms with Crippen LogP contribution in [-0.4, -0.2) is 39.6 Å². The van der Waals surface area contributed by atoms with Crippen LogP contribution in [0.4, 0.5) is 0 Å². The van der Waals surface area contributed by atoms with E-state index in [0.717, 1.165) is 12.8 Å². The lowest BCUT2D eigenvalue weighted by Gasteiger charge is -2.18. The number of aliphatic carboxylic acids is 1. The predicted molar refractivity (Wildman–Crippen MR) is 52.9 cm³/mol. The molecule has 6 heteroatoms. The molecule has 1 N–H and O–H groups in total. The standard InChI is InChI=1S/C10H12N2O4/c1-6-4-11-16-9(6)10(15)12(5-8(13)14)7-2-3-7/h4,7H,2-3,5H2,1H3,(H,13,14). The summed E-state index contributed by atoms with van der Waals surface area (Å²) in [4.78, 5) is 24.0. The summed E-state index contributed by atoms with van der Waals surface area (Å²) in [5, 5.41) is 12.3. The van der Waals surface area contributed by atoms with Crippen molar-refractivity contribution >= 4 is 11.9 Å². The molecule has 0 aliphatic heterocycles. The molecule has 6 nitrogen and oxygen atoms in total. The van der Waals surface area contributed by atoms with Gasteiger partial charge >= 0.3 is 5.97 Å². The fourth-order valence-electron chi connectivity index (χ4n) is 1.53. The fraction of sp³-hybridized carbons (Fsp3) is 0.500. The summed E-state index contributed by atoms with van der Waals surface area (Å²) in [6.07, 6.45) is 3.15. The van der Waals surface area contributed by atoms with Crippen molar-refractivity contribution in [1.82, 2.24) is 10.1 Å². The minimum absolute atomic E-state index is 0.0353. The molecule has 1 aliphatic carbocycles. The second kappa shape index (κ2) is 3.96. The zero-order valence-electron chi connectivity index (χ0n) is 8.84. The highest BCUT2D eigenvalue weighted by atomic mass is 16.5. The molecular weight excluding hydrogens is 212 g/mol. The number of hydrogen-bond acceptors (Lipinski definition) is 4. The molecule has 1 aromatic heterocycles. The molecular formula is C10H12N2O4. The van der Waals surface area contributed by atoms with Crippen molar-refractivity contribution in [3.05, 3.63) is 17.5 Å². The number of carbonyl (C=O) groups excluding carboxylic acids is 1. The van der Waals surface area contributed by atoms with Gasteiger partial charge in [0.1, 0.15) is 6.54 Å². The van der Waals surface area contributed by atoms with E-state index in [-0.39, 0.29) is 24.3 Å². The van der Waals surface area contributed by atoms with Crippen LogP contribution >= 0.6 is 0 Å². The summed E-state index contributed by atoms with van der Waals surface area (Å²) in [6.45, 7) is 1.42. The molecule has 16 heavy (non-hydrogen) atoms. The van der Waals surface area contributed by atoms with Crippen molar-refractivity contribution in [1.29, 1.82) is 0 Å². The van der Waals surface area contributed by atoms with Gasteiger partial charge in [0.05, 0.1) is 6.20 Å². The van der Waals surface area contributed by atoms with Gasteiger partial charge in [-0.25, -0.2) is 0 Å². The quantitative estimate of drug-likeness (QED) is 0.812. The van der Waals surface area contributed by atoms with Gasteiger partial charge in [0.25, 0.3) is 5.91 Å². The largest absolute Gasteiger partial charge is 0.480 e. The number of carboxylic acids is 1. The number of hydrogen-bond donors (Lipinski definition) is 1. The van der Waals surface area contributed by atoms with E-state index in [1.54, 1.807) is 6.92 Å². The van der Waals surface area contributed by atoms with Gasteiger partial charge in [-0.1, -0.05) is 5.16 Å². The Bertz CT molecular complexity index is 422. The molecule has 1 aliphatic rings. The second-order valence-corrected chi connectivity index (χ2v) is 3.90. The third-order valence-electron chi connectivity index (χ3n) is 2.50. The first-order chi connectivity index (χ1) is 7.59. The minimum Gasteiger partial charge on any atom is -0.480 e. The lowest BCUT2D eigenvalue weighted by Crippen LogP contribution is -2.37. The van der Waals surface area contributed by atoms with Gasteiger partial charge in [0.15, 0.2) is 0 Å². The first-order valence-corrected chi connectivity index (χ1v) is 5.03. The number of aryl methyl sites for hydroxylation is 1. The first-order valence-electron chi connectivity index (χ1n) is 5.03. The average molecular weight is 224 g/mol. The maximum absolute atomic E-state index is 12.0. The first kappa shape index (κ1) is 10.7. The Morgan fingerprint density at radius 2 is 2.31 bits per heavy atom. The average Bonchev–Trinajstić information content (AvgIpc) is 2.97. The summed E-state index contributed by atoms with van der Waals surface area (Å²) < 4.78 is 4.83. The number of aromatic nitrogens is 1. The van der Waals surface area contributed by atoms with Crippen LogP contribution in [0.25, 0.3) is 0 Å². The van der Waals surface area contributed by atoms with Crippen LogP contribution in [0.15, 0.2) is 10.7 Å². The summed E-state index contributed by atoms with van der Waals surface area (Å²) >= 11 is 0. The fourth-order valence-corrected chi connectivity index (χ4v) is 1.53. The Hall–Kier alpha value is -1.85. The molecule has 1 aromatic rings. The van der Waals surface area contributed by atoms with Gasteiger partial charge in [0.2, 0.25) is 5.76 Å². The smallest absolute Gasteiger partial charge is 0.323 e. The zero-order chi connectivity index (χ0) is 11.7. The van der Waals surface area contributed by atoms with E-state index < -0.39 is 5.97 Å². The summed E-state index contributed by atoms with van der Waals surface area (Å²) in [6, 6.07) is 0.0353. The van der Waals surface area contributed by atoms with E-state index in [1.165, 1.54) is 11.1 Å². The molecule has 0 unspecified atom stereocenters. The van der Waals surface area contributed by atoms with Crippen molar-refractivity contribution < 1.29 is 19.2 Å². The number of nitrogens with zero attached hydrogens (tertiary/aromatic N) is 2. The van der Waals surface area contributed by atoms with E-state index >= 15 is 0 Å². The molecule has 0 atom stereocenters. The third-order valence-corrected chi connectivity index (χ3v) is 2.50. The van der Waals surface area contributed by atoms with Gasteiger partial charge in [0, 0.05) is 11.6 Å². The second-order valence-electron chi connectivity index (χ2n) is 3.90. The van der Waals surface area contributed by atoms with E-state index in [0.29, 0.717) is 5.56 Å². The maximum Gasteiger partial charge on any atom is 0.323 e. The number of rotatable bonds is 4. The van der Waals surface area contributed by atoms with Gasteiger partial charge in [-0.15, -0.1) is 0 Å². The molecule has 1 heterocycles. The van der Waals surface area contributed by atoms with Crippen LogP contribution in [0.3, 0.4) is 0 Å². The number of carbonyl (C=O) groups is 2. The predicted octanol–water partition coefficient (Wildman–Crippen LogP) is 0.672. The maximum atomic E-state index is 12.0. The SMILES string of the molecule is Cc1cnoc1C(=O)N(CC(=O)O)C1CC1. The summed E-state index contributed by atoms with van der Waals surface area (Å²) in [5.41, 5.74) is 0.626. The Labute approximate surface area is 91.8 Å². The lowest BCUT2D eigenvalue weighted by molar-refractivity contribution is -0.137. The van der Waals surface area contributed by atoms with Gasteiger partial charge in [-0.2, -0.15) is 0 Å². The Kier molecular flexibility index (Phi) is 2.64. The van der Waals surface area contributed by atoms with Crippen molar-refractivity contribution in [2.24, 2.45) is 0 Å². The minimum atomic E-state index is -1.02. The molecule has 0 saturated heterocycles. The molecule has 1 saturated carbocycles. The van der Waals surface area contributed by atoms with E-state index in [2.05, 4.69) is 5.16 Å². The van der Waals surface area contributed by atoms with Crippen LogP contribution < -0.4 is 0 Å². The summed E-state index contributed by atoms with van der Waals surface area (Å²) in [7, 11) is 0. The van der Waals surface area contributed by atoms with Crippen LogP contribution in [0.5, 0.6) is 0 Å². The normalized spacial score (nSPS) is 14.8. The van der Waals surface area contributed by atoms with Crippen molar-refractivity contribution in [2.75, 3.05) is 6.54 Å². The van der Waals surface area contributed by atoms with Crippen LogP contribution in [0.2, 0.25) is 0 Å². The Balaban J connectivity index is 2.17. The zero-order valence-corrected chi connectivity index (χ0v) is 8.84. The lowest BCUT2D eigenvalue weighted by atomic mass is 10.2. The van der Waals surface area contributed by atoms with Crippen LogP contribution in [0.1, 0.15) is 29.0 Å². The molecule has 1 fully saturated rings. The van der Waals surface area contributed by atoms with Gasteiger partial charge in [-0.3, -0.25) is 9.59 Å². The van der Waals surface area contributed by atoms with Gasteiger partial charge in [-0.05, 0) is 19.8 Å². The number of amides is 1. The van der Waals surface area contributed by atoms with Crippen molar-refractivity contribution in [2.45, 2.75) is 25.8 Å². The molecule has 2 rings (SSSR count). The highest BCUT2D eigenvalue weighted by Gasteiger charge is 2.36. The molecule has 86 valence electrons. The van der Waals surface area contributed by atoms with E-state index in [1.807, 2.05) is 0 Å². The molecule has 0 radical (unpaired) electrons. The van der Waals surface area contributed by atoms with Crippen LogP contribution in [-0.2, 0) is 4.79 Å². The van der Waals surface area contributed by atoms with E-state index in [9.17, 15) is 9.59 Å². The number of carboxylic acid groups (broad SMARTS) is 1. The third kappa shape index (κ3) is 2.05. The van der Waals surface area contributed by atoms with Crippen molar-refractivity contribution in [3.63, 3.8) is 0 Å². The van der Waals surface area contributed by atoms with E-state index in [4.69, 9.17) is 9.63 Å². The van der Waals surface area contributed by atoms with Crippen LogP contribution in [0, 0.1) is 6.92 Å². The molecule has 0 spiro atoms. The van der Waals surface area contributed by atoms with Gasteiger partial charge < -0.3 is 14.5 Å². The Morgan fingerprint density at radius 1 is 1.62 bits per heavy atom.